The number of nitrogens with zero attached hydrogens (tertiary/aromatic N) is 2. The second-order valence-electron chi connectivity index (χ2n) is 3.82. The molecule has 0 aliphatic carbocycles. The lowest BCUT2D eigenvalue weighted by Gasteiger charge is -2.24. The van der Waals surface area contributed by atoms with Gasteiger partial charge in [-0.3, -0.25) is 10.1 Å². The largest absolute Gasteiger partial charge is 0.302 e. The Labute approximate surface area is 92.6 Å². The topological polar surface area (TPSA) is 46.4 Å². The fourth-order valence-corrected chi connectivity index (χ4v) is 2.10. The van der Waals surface area contributed by atoms with Gasteiger partial charge in [-0.15, -0.1) is 0 Å². The van der Waals surface area contributed by atoms with Gasteiger partial charge in [-0.25, -0.2) is 0 Å². The van der Waals surface area contributed by atoms with Gasteiger partial charge in [0.25, 0.3) is 5.69 Å². The zero-order chi connectivity index (χ0) is 11.0. The highest BCUT2D eigenvalue weighted by molar-refractivity contribution is 6.32. The van der Waals surface area contributed by atoms with Gasteiger partial charge in [-0.05, 0) is 30.7 Å². The molecule has 0 spiro atoms. The van der Waals surface area contributed by atoms with Crippen LogP contribution in [0.15, 0.2) is 12.1 Å². The maximum atomic E-state index is 10.7. The van der Waals surface area contributed by atoms with E-state index in [1.165, 1.54) is 0 Å². The van der Waals surface area contributed by atoms with Gasteiger partial charge >= 0.3 is 0 Å². The quantitative estimate of drug-likeness (QED) is 0.545. The van der Waals surface area contributed by atoms with Gasteiger partial charge in [0, 0.05) is 19.2 Å². The summed E-state index contributed by atoms with van der Waals surface area (Å²) in [5.74, 6) is 0. The number of nitro benzene ring substituents is 1. The molecule has 1 aliphatic heterocycles. The van der Waals surface area contributed by atoms with Crippen molar-refractivity contribution in [2.75, 3.05) is 13.6 Å². The van der Waals surface area contributed by atoms with Crippen molar-refractivity contribution in [3.05, 3.63) is 38.4 Å². The Hall–Kier alpha value is -1.13. The van der Waals surface area contributed by atoms with Crippen molar-refractivity contribution in [3.8, 4) is 0 Å². The summed E-state index contributed by atoms with van der Waals surface area (Å²) in [4.78, 5) is 12.4. The Kier molecular flexibility index (Phi) is 2.63. The number of hydrogen-bond acceptors (Lipinski definition) is 3. The van der Waals surface area contributed by atoms with Gasteiger partial charge in [0.2, 0.25) is 0 Å². The van der Waals surface area contributed by atoms with Crippen molar-refractivity contribution in [2.45, 2.75) is 13.0 Å². The van der Waals surface area contributed by atoms with Crippen molar-refractivity contribution < 1.29 is 4.92 Å². The first-order valence-electron chi connectivity index (χ1n) is 4.72. The predicted molar refractivity (Wildman–Crippen MR) is 58.1 cm³/mol. The number of hydrogen-bond donors (Lipinski definition) is 0. The van der Waals surface area contributed by atoms with Crippen LogP contribution in [0.25, 0.3) is 0 Å². The highest BCUT2D eigenvalue weighted by Crippen LogP contribution is 2.30. The summed E-state index contributed by atoms with van der Waals surface area (Å²) < 4.78 is 0. The van der Waals surface area contributed by atoms with Crippen LogP contribution >= 0.6 is 11.6 Å². The Morgan fingerprint density at radius 2 is 2.20 bits per heavy atom. The summed E-state index contributed by atoms with van der Waals surface area (Å²) in [6.45, 7) is 1.73. The van der Waals surface area contributed by atoms with E-state index in [0.29, 0.717) is 0 Å². The van der Waals surface area contributed by atoms with E-state index in [2.05, 4.69) is 4.90 Å². The smallest absolute Gasteiger partial charge is 0.288 e. The second-order valence-corrected chi connectivity index (χ2v) is 4.22. The second kappa shape index (κ2) is 3.79. The predicted octanol–water partition coefficient (Wildman–Crippen LogP) is 2.24. The van der Waals surface area contributed by atoms with Gasteiger partial charge in [0.1, 0.15) is 5.02 Å². The van der Waals surface area contributed by atoms with Gasteiger partial charge in [-0.2, -0.15) is 0 Å². The summed E-state index contributed by atoms with van der Waals surface area (Å²) in [7, 11) is 2.00. The van der Waals surface area contributed by atoms with Crippen LogP contribution in [0.5, 0.6) is 0 Å². The lowest BCUT2D eigenvalue weighted by atomic mass is 9.99. The van der Waals surface area contributed by atoms with E-state index in [-0.39, 0.29) is 10.7 Å². The van der Waals surface area contributed by atoms with Crippen molar-refractivity contribution in [1.82, 2.24) is 4.90 Å². The van der Waals surface area contributed by atoms with E-state index in [1.807, 2.05) is 7.05 Å². The highest BCUT2D eigenvalue weighted by Gasteiger charge is 2.20. The molecule has 0 aromatic heterocycles. The van der Waals surface area contributed by atoms with Crippen molar-refractivity contribution >= 4 is 17.3 Å². The molecule has 0 bridgehead atoms. The van der Waals surface area contributed by atoms with Crippen LogP contribution < -0.4 is 0 Å². The summed E-state index contributed by atoms with van der Waals surface area (Å²) >= 11 is 5.84. The first-order chi connectivity index (χ1) is 7.08. The molecule has 0 saturated heterocycles. The fourth-order valence-electron chi connectivity index (χ4n) is 1.85. The third-order valence-electron chi connectivity index (χ3n) is 2.67. The first kappa shape index (κ1) is 10.4. The van der Waals surface area contributed by atoms with Gasteiger partial charge in [-0.1, -0.05) is 11.6 Å². The third-order valence-corrected chi connectivity index (χ3v) is 2.97. The van der Waals surface area contributed by atoms with Crippen molar-refractivity contribution in [2.24, 2.45) is 0 Å². The molecule has 0 fully saturated rings. The number of fused-ring (bicyclic) bond motifs is 1. The Morgan fingerprint density at radius 3 is 2.87 bits per heavy atom. The van der Waals surface area contributed by atoms with E-state index < -0.39 is 4.92 Å². The molecule has 15 heavy (non-hydrogen) atoms. The van der Waals surface area contributed by atoms with E-state index in [0.717, 1.165) is 30.6 Å². The molecule has 0 atom stereocenters. The van der Waals surface area contributed by atoms with E-state index >= 15 is 0 Å². The minimum Gasteiger partial charge on any atom is -0.302 e. The highest BCUT2D eigenvalue weighted by atomic mass is 35.5. The molecule has 80 valence electrons. The van der Waals surface area contributed by atoms with Crippen LogP contribution in [0.4, 0.5) is 5.69 Å². The summed E-state index contributed by atoms with van der Waals surface area (Å²) in [6.07, 6.45) is 0.906. The van der Waals surface area contributed by atoms with Crippen LogP contribution in [0.3, 0.4) is 0 Å². The SMILES string of the molecule is CN1CCc2cc(Cl)c([N+](=O)[O-])cc2C1. The molecule has 4 nitrogen and oxygen atoms in total. The maximum absolute atomic E-state index is 10.7. The lowest BCUT2D eigenvalue weighted by molar-refractivity contribution is -0.384. The molecule has 5 heteroatoms. The summed E-state index contributed by atoms with van der Waals surface area (Å²) in [5.41, 5.74) is 2.15. The molecule has 1 aromatic carbocycles. The molecule has 2 rings (SSSR count). The molecule has 1 heterocycles. The van der Waals surface area contributed by atoms with Crippen LogP contribution in [0, 0.1) is 10.1 Å². The molecule has 0 N–H and O–H groups in total. The van der Waals surface area contributed by atoms with Gasteiger partial charge in [0.05, 0.1) is 4.92 Å². The standard InChI is InChI=1S/C10H11ClN2O2/c1-12-3-2-7-4-9(11)10(13(14)15)5-8(7)6-12/h4-5H,2-3,6H2,1H3. The van der Waals surface area contributed by atoms with E-state index in [4.69, 9.17) is 11.6 Å². The van der Waals surface area contributed by atoms with Crippen LogP contribution in [-0.2, 0) is 13.0 Å². The van der Waals surface area contributed by atoms with Gasteiger partial charge in [0.15, 0.2) is 0 Å². The van der Waals surface area contributed by atoms with Crippen LogP contribution in [-0.4, -0.2) is 23.4 Å². The summed E-state index contributed by atoms with van der Waals surface area (Å²) in [5, 5.41) is 10.9. The fraction of sp³-hybridized carbons (Fsp3) is 0.400. The molecule has 1 aliphatic rings. The van der Waals surface area contributed by atoms with Crippen molar-refractivity contribution in [1.29, 1.82) is 0 Å². The number of rotatable bonds is 1. The van der Waals surface area contributed by atoms with E-state index in [9.17, 15) is 10.1 Å². The number of halogens is 1. The Balaban J connectivity index is 2.47. The maximum Gasteiger partial charge on any atom is 0.288 e. The third kappa shape index (κ3) is 1.96. The monoisotopic (exact) mass is 226 g/mol. The minimum absolute atomic E-state index is 0.00529. The Morgan fingerprint density at radius 1 is 1.47 bits per heavy atom. The number of likely N-dealkylation sites (N-methyl/N-ethyl adjacent to an activating group) is 1. The van der Waals surface area contributed by atoms with E-state index in [1.54, 1.807) is 12.1 Å². The van der Waals surface area contributed by atoms with Gasteiger partial charge < -0.3 is 4.90 Å². The van der Waals surface area contributed by atoms with Crippen LogP contribution in [0.2, 0.25) is 5.02 Å². The molecule has 0 amide bonds. The number of nitro groups is 1. The average molecular weight is 227 g/mol. The minimum atomic E-state index is -0.433. The Bertz CT molecular complexity index is 420. The zero-order valence-corrected chi connectivity index (χ0v) is 9.12. The summed E-state index contributed by atoms with van der Waals surface area (Å²) in [6, 6.07) is 3.31. The van der Waals surface area contributed by atoms with Crippen molar-refractivity contribution in [3.63, 3.8) is 0 Å². The molecular formula is C10H11ClN2O2. The molecule has 0 unspecified atom stereocenters. The molecule has 0 saturated carbocycles. The lowest BCUT2D eigenvalue weighted by Crippen LogP contribution is -2.26. The molecule has 1 aromatic rings. The average Bonchev–Trinajstić information content (AvgIpc) is 2.17. The normalized spacial score (nSPS) is 16.1. The zero-order valence-electron chi connectivity index (χ0n) is 8.36. The number of benzene rings is 1. The van der Waals surface area contributed by atoms with Crippen LogP contribution in [0.1, 0.15) is 11.1 Å². The molecule has 0 radical (unpaired) electrons. The first-order valence-corrected chi connectivity index (χ1v) is 5.10. The molecular weight excluding hydrogens is 216 g/mol.